The van der Waals surface area contributed by atoms with Crippen molar-refractivity contribution in [2.75, 3.05) is 11.9 Å². The lowest BCUT2D eigenvalue weighted by atomic mass is 9.44. The van der Waals surface area contributed by atoms with Gasteiger partial charge in [-0.15, -0.1) is 6.58 Å². The molecule has 3 N–H and O–H groups in total. The number of Topliss-reactive ketones (excluding diaryl/α,β-unsaturated/α-hetero) is 1. The van der Waals surface area contributed by atoms with Crippen LogP contribution < -0.4 is 10.6 Å². The molecule has 0 saturated heterocycles. The van der Waals surface area contributed by atoms with Crippen molar-refractivity contribution in [3.05, 3.63) is 43.0 Å². The van der Waals surface area contributed by atoms with E-state index in [0.717, 1.165) is 24.9 Å². The Balaban J connectivity index is 1.59. The third-order valence-corrected chi connectivity index (χ3v) is 10.2. The second-order valence-corrected chi connectivity index (χ2v) is 12.1. The zero-order valence-corrected chi connectivity index (χ0v) is 22.7. The Bertz CT molecular complexity index is 1030. The highest BCUT2D eigenvalue weighted by molar-refractivity contribution is 7.80. The van der Waals surface area contributed by atoms with Crippen LogP contribution in [0.5, 0.6) is 0 Å². The van der Waals surface area contributed by atoms with Crippen LogP contribution in [0.4, 0.5) is 5.69 Å². The van der Waals surface area contributed by atoms with E-state index < -0.39 is 29.0 Å². The van der Waals surface area contributed by atoms with Crippen LogP contribution in [0, 0.1) is 34.0 Å². The van der Waals surface area contributed by atoms with E-state index in [9.17, 15) is 14.7 Å². The van der Waals surface area contributed by atoms with Gasteiger partial charge in [-0.3, -0.25) is 9.59 Å². The minimum absolute atomic E-state index is 0.0523. The van der Waals surface area contributed by atoms with Crippen molar-refractivity contribution in [3.8, 4) is 0 Å². The number of ketones is 1. The summed E-state index contributed by atoms with van der Waals surface area (Å²) in [6.07, 6.45) is 4.18. The highest BCUT2D eigenvalue weighted by Crippen LogP contribution is 2.67. The van der Waals surface area contributed by atoms with Gasteiger partial charge >= 0.3 is 5.97 Å². The molecular formula is C29H40N2O4S. The molecule has 0 aliphatic heterocycles. The summed E-state index contributed by atoms with van der Waals surface area (Å²) in [5.41, 5.74) is -0.632. The predicted octanol–water partition coefficient (Wildman–Crippen LogP) is 4.88. The lowest BCUT2D eigenvalue weighted by molar-refractivity contribution is -0.206. The van der Waals surface area contributed by atoms with E-state index in [0.29, 0.717) is 18.0 Å². The number of hydrogen-bond donors (Lipinski definition) is 3. The number of carbonyl (C=O) groups excluding carboxylic acids is 2. The van der Waals surface area contributed by atoms with Crippen molar-refractivity contribution in [1.82, 2.24) is 5.32 Å². The molecule has 4 rings (SSSR count). The van der Waals surface area contributed by atoms with Gasteiger partial charge in [0, 0.05) is 28.9 Å². The van der Waals surface area contributed by atoms with Crippen LogP contribution in [-0.2, 0) is 14.3 Å². The summed E-state index contributed by atoms with van der Waals surface area (Å²) in [4.78, 5) is 26.6. The molecule has 3 saturated carbocycles. The topological polar surface area (TPSA) is 87.7 Å². The maximum atomic E-state index is 13.5. The predicted molar refractivity (Wildman–Crippen MR) is 145 cm³/mol. The fraction of sp³-hybridized carbons (Fsp3) is 0.621. The number of ether oxygens (including phenoxy) is 1. The Kier molecular flexibility index (Phi) is 7.37. The maximum Gasteiger partial charge on any atom is 0.325 e. The number of esters is 1. The van der Waals surface area contributed by atoms with Crippen molar-refractivity contribution in [2.45, 2.75) is 72.0 Å². The summed E-state index contributed by atoms with van der Waals surface area (Å²) in [5.74, 6) is -0.275. The molecule has 3 fully saturated rings. The standard InChI is InChI=1S/C29H40N2O4S/c1-6-27(4)16-22(35-23(33)17-30-26(36)31-20-10-8-7-9-11-20)28(5)18(2)12-14-29(19(3)25(27)34)15-13-21(32)24(28)29/h6-11,18-19,22,24-25,34H,1,12-17H2,2-5H3,(H2,30,31,36)/t18-,19+,22-,24+,25+,27-,28+,29+/m1/s1. The molecule has 0 amide bonds. The van der Waals surface area contributed by atoms with E-state index in [4.69, 9.17) is 17.0 Å². The van der Waals surface area contributed by atoms with Crippen LogP contribution >= 0.6 is 12.2 Å². The lowest BCUT2D eigenvalue weighted by Gasteiger charge is -2.61. The third kappa shape index (κ3) is 4.38. The fourth-order valence-corrected chi connectivity index (χ4v) is 7.74. The summed E-state index contributed by atoms with van der Waals surface area (Å²) < 4.78 is 6.22. The lowest BCUT2D eigenvalue weighted by Crippen LogP contribution is -2.63. The number of thiocarbonyl (C=S) groups is 1. The van der Waals surface area contributed by atoms with Crippen LogP contribution in [0.2, 0.25) is 0 Å². The molecule has 2 bridgehead atoms. The Morgan fingerprint density at radius 1 is 1.25 bits per heavy atom. The molecular weight excluding hydrogens is 472 g/mol. The maximum absolute atomic E-state index is 13.5. The number of aliphatic hydroxyl groups is 1. The first-order valence-corrected chi connectivity index (χ1v) is 13.5. The number of nitrogens with one attached hydrogen (secondary N) is 2. The summed E-state index contributed by atoms with van der Waals surface area (Å²) in [6.45, 7) is 12.4. The van der Waals surface area contributed by atoms with Crippen molar-refractivity contribution >= 4 is 34.8 Å². The Labute approximate surface area is 220 Å². The van der Waals surface area contributed by atoms with E-state index in [1.165, 1.54) is 0 Å². The second-order valence-electron chi connectivity index (χ2n) is 11.7. The quantitative estimate of drug-likeness (QED) is 0.294. The van der Waals surface area contributed by atoms with Crippen LogP contribution in [0.1, 0.15) is 59.8 Å². The zero-order valence-electron chi connectivity index (χ0n) is 21.9. The average molecular weight is 513 g/mol. The highest BCUT2D eigenvalue weighted by Gasteiger charge is 2.68. The van der Waals surface area contributed by atoms with Gasteiger partial charge in [0.1, 0.15) is 18.4 Å². The van der Waals surface area contributed by atoms with Gasteiger partial charge in [0.25, 0.3) is 0 Å². The minimum atomic E-state index is -0.677. The average Bonchev–Trinajstić information content (AvgIpc) is 3.22. The van der Waals surface area contributed by atoms with E-state index in [1.807, 2.05) is 43.3 Å². The van der Waals surface area contributed by atoms with E-state index >= 15 is 0 Å². The number of carbonyl (C=O) groups is 2. The number of rotatable bonds is 5. The first kappa shape index (κ1) is 26.8. The van der Waals surface area contributed by atoms with Gasteiger partial charge in [0.05, 0.1) is 6.10 Å². The number of aliphatic hydroxyl groups excluding tert-OH is 1. The van der Waals surface area contributed by atoms with E-state index in [1.54, 1.807) is 0 Å². The molecule has 36 heavy (non-hydrogen) atoms. The minimum Gasteiger partial charge on any atom is -0.460 e. The van der Waals surface area contributed by atoms with Crippen molar-refractivity contribution in [1.29, 1.82) is 0 Å². The van der Waals surface area contributed by atoms with Gasteiger partial charge in [0.2, 0.25) is 0 Å². The largest absolute Gasteiger partial charge is 0.460 e. The molecule has 196 valence electrons. The molecule has 0 spiro atoms. The molecule has 8 atom stereocenters. The zero-order chi connectivity index (χ0) is 26.3. The highest BCUT2D eigenvalue weighted by atomic mass is 32.1. The third-order valence-electron chi connectivity index (χ3n) is 10.0. The summed E-state index contributed by atoms with van der Waals surface area (Å²) >= 11 is 5.35. The van der Waals surface area contributed by atoms with E-state index in [-0.39, 0.29) is 35.5 Å². The van der Waals surface area contributed by atoms with Gasteiger partial charge in [0.15, 0.2) is 5.11 Å². The molecule has 6 nitrogen and oxygen atoms in total. The normalized spacial score (nSPS) is 39.8. The summed E-state index contributed by atoms with van der Waals surface area (Å²) in [5, 5.41) is 17.9. The van der Waals surface area contributed by atoms with Crippen LogP contribution in [-0.4, -0.2) is 40.7 Å². The Hall–Kier alpha value is -2.25. The van der Waals surface area contributed by atoms with Crippen molar-refractivity contribution in [2.24, 2.45) is 34.0 Å². The first-order chi connectivity index (χ1) is 17.0. The SMILES string of the molecule is C=C[C@]1(C)C[C@@H](OC(=O)CNC(=S)Nc2ccccc2)[C@]2(C)[C@H](C)CC[C@]3(CCC(=O)[C@H]32)[C@@H](C)[C@@H]1O. The fourth-order valence-electron chi connectivity index (χ4n) is 7.55. The van der Waals surface area contributed by atoms with Gasteiger partial charge in [-0.2, -0.15) is 0 Å². The van der Waals surface area contributed by atoms with Crippen LogP contribution in [0.3, 0.4) is 0 Å². The second kappa shape index (κ2) is 9.90. The van der Waals surface area contributed by atoms with Crippen molar-refractivity contribution < 1.29 is 19.4 Å². The van der Waals surface area contributed by atoms with Gasteiger partial charge in [-0.05, 0) is 67.3 Å². The molecule has 7 heteroatoms. The molecule has 3 aliphatic rings. The van der Waals surface area contributed by atoms with Crippen molar-refractivity contribution in [3.63, 3.8) is 0 Å². The molecule has 0 aromatic heterocycles. The molecule has 0 radical (unpaired) electrons. The number of para-hydroxylation sites is 1. The summed E-state index contributed by atoms with van der Waals surface area (Å²) in [7, 11) is 0. The smallest absolute Gasteiger partial charge is 0.325 e. The van der Waals surface area contributed by atoms with Gasteiger partial charge in [-0.1, -0.05) is 52.0 Å². The summed E-state index contributed by atoms with van der Waals surface area (Å²) in [6, 6.07) is 9.49. The first-order valence-electron chi connectivity index (χ1n) is 13.1. The number of hydrogen-bond acceptors (Lipinski definition) is 5. The van der Waals surface area contributed by atoms with Gasteiger partial charge in [-0.25, -0.2) is 0 Å². The molecule has 0 unspecified atom stereocenters. The monoisotopic (exact) mass is 512 g/mol. The van der Waals surface area contributed by atoms with Crippen LogP contribution in [0.25, 0.3) is 0 Å². The molecule has 1 aromatic carbocycles. The Morgan fingerprint density at radius 3 is 2.61 bits per heavy atom. The molecule has 1 aromatic rings. The molecule has 3 aliphatic carbocycles. The van der Waals surface area contributed by atoms with E-state index in [2.05, 4.69) is 38.0 Å². The molecule has 0 heterocycles. The Morgan fingerprint density at radius 2 is 1.94 bits per heavy atom. The van der Waals surface area contributed by atoms with Crippen LogP contribution in [0.15, 0.2) is 43.0 Å². The number of anilines is 1. The number of benzene rings is 1. The van der Waals surface area contributed by atoms with Gasteiger partial charge < -0.3 is 20.5 Å².